The summed E-state index contributed by atoms with van der Waals surface area (Å²) in [5, 5.41) is 7.21. The van der Waals surface area contributed by atoms with E-state index in [4.69, 9.17) is 4.52 Å². The number of nitrogens with zero attached hydrogens (tertiary/aromatic N) is 3. The molecule has 0 amide bonds. The lowest BCUT2D eigenvalue weighted by Gasteiger charge is -2.23. The van der Waals surface area contributed by atoms with Gasteiger partial charge in [0.25, 0.3) is 0 Å². The van der Waals surface area contributed by atoms with Gasteiger partial charge < -0.3 is 14.8 Å². The third kappa shape index (κ3) is 2.43. The standard InChI is InChI=1S/C12H19N5O/c1-7(2)9(8(3)13-4)12-16-11(17-18-12)10-14-5-6-15-10/h5-9,13H,1-4H3,(H,14,15). The second kappa shape index (κ2) is 5.30. The zero-order chi connectivity index (χ0) is 13.1. The minimum Gasteiger partial charge on any atom is -0.342 e. The maximum absolute atomic E-state index is 5.37. The molecule has 2 N–H and O–H groups in total. The van der Waals surface area contributed by atoms with E-state index in [2.05, 4.69) is 46.2 Å². The maximum atomic E-state index is 5.37. The third-order valence-electron chi connectivity index (χ3n) is 3.15. The average Bonchev–Trinajstić information content (AvgIpc) is 2.98. The molecule has 0 aromatic carbocycles. The van der Waals surface area contributed by atoms with Crippen LogP contribution in [0.5, 0.6) is 0 Å². The first-order valence-corrected chi connectivity index (χ1v) is 6.14. The van der Waals surface area contributed by atoms with Crippen LogP contribution < -0.4 is 5.32 Å². The van der Waals surface area contributed by atoms with Crippen LogP contribution in [0.2, 0.25) is 0 Å². The van der Waals surface area contributed by atoms with E-state index in [-0.39, 0.29) is 12.0 Å². The van der Waals surface area contributed by atoms with Crippen LogP contribution in [0, 0.1) is 5.92 Å². The van der Waals surface area contributed by atoms with Crippen LogP contribution in [0.1, 0.15) is 32.6 Å². The predicted molar refractivity (Wildman–Crippen MR) is 68.0 cm³/mol. The van der Waals surface area contributed by atoms with Crippen LogP contribution in [0.15, 0.2) is 16.9 Å². The Morgan fingerprint density at radius 2 is 2.11 bits per heavy atom. The molecule has 6 heteroatoms. The molecule has 0 radical (unpaired) electrons. The Hall–Kier alpha value is -1.69. The van der Waals surface area contributed by atoms with Crippen molar-refractivity contribution in [1.29, 1.82) is 0 Å². The van der Waals surface area contributed by atoms with Crippen LogP contribution in [0.25, 0.3) is 11.6 Å². The van der Waals surface area contributed by atoms with E-state index in [1.165, 1.54) is 0 Å². The van der Waals surface area contributed by atoms with E-state index >= 15 is 0 Å². The van der Waals surface area contributed by atoms with Gasteiger partial charge in [-0.15, -0.1) is 0 Å². The first-order valence-electron chi connectivity index (χ1n) is 6.14. The van der Waals surface area contributed by atoms with Crippen molar-refractivity contribution < 1.29 is 4.52 Å². The number of rotatable bonds is 5. The lowest BCUT2D eigenvalue weighted by atomic mass is 9.89. The Balaban J connectivity index is 2.27. The van der Waals surface area contributed by atoms with Gasteiger partial charge in [-0.05, 0) is 19.9 Å². The van der Waals surface area contributed by atoms with E-state index < -0.39 is 0 Å². The molecule has 0 bridgehead atoms. The van der Waals surface area contributed by atoms with Crippen molar-refractivity contribution in [2.45, 2.75) is 32.7 Å². The van der Waals surface area contributed by atoms with Crippen molar-refractivity contribution in [3.05, 3.63) is 18.3 Å². The van der Waals surface area contributed by atoms with Crippen LogP contribution in [0.4, 0.5) is 0 Å². The largest absolute Gasteiger partial charge is 0.342 e. The van der Waals surface area contributed by atoms with Crippen molar-refractivity contribution in [3.8, 4) is 11.6 Å². The molecule has 0 fully saturated rings. The number of aromatic amines is 1. The van der Waals surface area contributed by atoms with Gasteiger partial charge in [-0.2, -0.15) is 4.98 Å². The molecule has 2 aromatic heterocycles. The van der Waals surface area contributed by atoms with E-state index in [0.717, 1.165) is 0 Å². The minimum atomic E-state index is 0.186. The Morgan fingerprint density at radius 1 is 1.33 bits per heavy atom. The molecular weight excluding hydrogens is 230 g/mol. The summed E-state index contributed by atoms with van der Waals surface area (Å²) in [6, 6.07) is 0.273. The summed E-state index contributed by atoms with van der Waals surface area (Å²) in [6.45, 7) is 6.41. The van der Waals surface area contributed by atoms with Crippen LogP contribution >= 0.6 is 0 Å². The zero-order valence-corrected chi connectivity index (χ0v) is 11.1. The monoisotopic (exact) mass is 249 g/mol. The van der Waals surface area contributed by atoms with Crippen molar-refractivity contribution in [2.75, 3.05) is 7.05 Å². The van der Waals surface area contributed by atoms with Crippen molar-refractivity contribution in [2.24, 2.45) is 5.92 Å². The summed E-state index contributed by atoms with van der Waals surface area (Å²) < 4.78 is 5.37. The Morgan fingerprint density at radius 3 is 2.67 bits per heavy atom. The second-order valence-electron chi connectivity index (χ2n) is 4.74. The first-order chi connectivity index (χ1) is 8.63. The fraction of sp³-hybridized carbons (Fsp3) is 0.583. The molecule has 2 rings (SSSR count). The minimum absolute atomic E-state index is 0.186. The van der Waals surface area contributed by atoms with Gasteiger partial charge in [-0.25, -0.2) is 4.98 Å². The normalized spacial score (nSPS) is 14.9. The fourth-order valence-corrected chi connectivity index (χ4v) is 2.11. The van der Waals surface area contributed by atoms with Gasteiger partial charge in [0.2, 0.25) is 11.7 Å². The van der Waals surface area contributed by atoms with Gasteiger partial charge in [0.15, 0.2) is 5.82 Å². The molecule has 2 unspecified atom stereocenters. The Labute approximate surface area is 106 Å². The quantitative estimate of drug-likeness (QED) is 0.844. The molecule has 98 valence electrons. The summed E-state index contributed by atoms with van der Waals surface area (Å²) in [5.74, 6) is 2.38. The molecular formula is C12H19N5O. The van der Waals surface area contributed by atoms with E-state index in [9.17, 15) is 0 Å². The maximum Gasteiger partial charge on any atom is 0.238 e. The molecule has 0 spiro atoms. The Kier molecular flexibility index (Phi) is 3.76. The van der Waals surface area contributed by atoms with Gasteiger partial charge in [-0.3, -0.25) is 0 Å². The highest BCUT2D eigenvalue weighted by Gasteiger charge is 2.27. The SMILES string of the molecule is CNC(C)C(c1nc(-c2ncc[nH]2)no1)C(C)C. The Bertz CT molecular complexity index is 476. The van der Waals surface area contributed by atoms with Crippen LogP contribution in [-0.4, -0.2) is 33.2 Å². The van der Waals surface area contributed by atoms with Gasteiger partial charge >= 0.3 is 0 Å². The molecule has 6 nitrogen and oxygen atoms in total. The highest BCUT2D eigenvalue weighted by atomic mass is 16.5. The lowest BCUT2D eigenvalue weighted by molar-refractivity contribution is 0.286. The smallest absolute Gasteiger partial charge is 0.238 e. The van der Waals surface area contributed by atoms with Crippen molar-refractivity contribution in [1.82, 2.24) is 25.4 Å². The average molecular weight is 249 g/mol. The summed E-state index contributed by atoms with van der Waals surface area (Å²) in [4.78, 5) is 11.5. The lowest BCUT2D eigenvalue weighted by Crippen LogP contribution is -2.32. The molecule has 18 heavy (non-hydrogen) atoms. The van der Waals surface area contributed by atoms with E-state index in [1.54, 1.807) is 12.4 Å². The molecule has 2 atom stereocenters. The highest BCUT2D eigenvalue weighted by molar-refractivity contribution is 5.40. The molecule has 2 aromatic rings. The topological polar surface area (TPSA) is 79.6 Å². The predicted octanol–water partition coefficient (Wildman–Crippen LogP) is 1.81. The second-order valence-corrected chi connectivity index (χ2v) is 4.74. The highest BCUT2D eigenvalue weighted by Crippen LogP contribution is 2.27. The third-order valence-corrected chi connectivity index (χ3v) is 3.15. The molecule has 0 aliphatic rings. The van der Waals surface area contributed by atoms with Gasteiger partial charge in [0.1, 0.15) is 0 Å². The zero-order valence-electron chi connectivity index (χ0n) is 11.1. The van der Waals surface area contributed by atoms with E-state index in [0.29, 0.717) is 23.5 Å². The van der Waals surface area contributed by atoms with Crippen LogP contribution in [-0.2, 0) is 0 Å². The number of hydrogen-bond acceptors (Lipinski definition) is 5. The molecule has 0 aliphatic heterocycles. The summed E-state index contributed by atoms with van der Waals surface area (Å²) in [7, 11) is 1.93. The molecule has 2 heterocycles. The van der Waals surface area contributed by atoms with Crippen LogP contribution in [0.3, 0.4) is 0 Å². The molecule has 0 saturated carbocycles. The van der Waals surface area contributed by atoms with Crippen molar-refractivity contribution >= 4 is 0 Å². The van der Waals surface area contributed by atoms with Gasteiger partial charge in [-0.1, -0.05) is 19.0 Å². The number of hydrogen-bond donors (Lipinski definition) is 2. The number of likely N-dealkylation sites (N-methyl/N-ethyl adjacent to an activating group) is 1. The van der Waals surface area contributed by atoms with Crippen molar-refractivity contribution in [3.63, 3.8) is 0 Å². The summed E-state index contributed by atoms with van der Waals surface area (Å²) in [6.07, 6.45) is 3.41. The number of nitrogens with one attached hydrogen (secondary N) is 2. The van der Waals surface area contributed by atoms with Gasteiger partial charge in [0.05, 0.1) is 5.92 Å². The number of H-pyrrole nitrogens is 1. The number of imidazole rings is 1. The summed E-state index contributed by atoms with van der Waals surface area (Å²) in [5.41, 5.74) is 0. The van der Waals surface area contributed by atoms with Gasteiger partial charge in [0, 0.05) is 18.4 Å². The summed E-state index contributed by atoms with van der Waals surface area (Å²) >= 11 is 0. The molecule has 0 aliphatic carbocycles. The number of aromatic nitrogens is 4. The molecule has 0 saturated heterocycles. The first kappa shape index (κ1) is 12.8. The fourth-order valence-electron chi connectivity index (χ4n) is 2.11. The van der Waals surface area contributed by atoms with E-state index in [1.807, 2.05) is 7.05 Å².